The SMILES string of the molecule is CC(CO)S(=O)(=O)N=S1(=O)CCCC1. The zero-order valence-electron chi connectivity index (χ0n) is 8.05. The van der Waals surface area contributed by atoms with Crippen LogP contribution in [0.2, 0.25) is 0 Å². The standard InChI is InChI=1S/C7H15NO4S2/c1-7(6-9)14(11,12)8-13(10)4-2-3-5-13/h7,9H,2-6H2,1H3. The van der Waals surface area contributed by atoms with Gasteiger partial charge in [0.05, 0.1) is 16.3 Å². The van der Waals surface area contributed by atoms with Gasteiger partial charge < -0.3 is 5.11 Å². The second-order valence-electron chi connectivity index (χ2n) is 3.47. The van der Waals surface area contributed by atoms with Crippen molar-refractivity contribution < 1.29 is 17.7 Å². The Hall–Kier alpha value is -0.140. The van der Waals surface area contributed by atoms with Crippen molar-refractivity contribution in [3.63, 3.8) is 0 Å². The quantitative estimate of drug-likeness (QED) is 0.751. The first-order valence-electron chi connectivity index (χ1n) is 4.48. The molecule has 0 radical (unpaired) electrons. The normalized spacial score (nSPS) is 23.3. The molecule has 1 aliphatic rings. The van der Waals surface area contributed by atoms with Crippen molar-refractivity contribution in [2.45, 2.75) is 25.0 Å². The van der Waals surface area contributed by atoms with Gasteiger partial charge in [-0.1, -0.05) is 0 Å². The maximum Gasteiger partial charge on any atom is 0.265 e. The molecule has 84 valence electrons. The van der Waals surface area contributed by atoms with Crippen molar-refractivity contribution >= 4 is 19.8 Å². The van der Waals surface area contributed by atoms with Gasteiger partial charge in [0.1, 0.15) is 5.25 Å². The van der Waals surface area contributed by atoms with E-state index in [0.717, 1.165) is 12.8 Å². The van der Waals surface area contributed by atoms with E-state index in [1.807, 2.05) is 0 Å². The fourth-order valence-corrected chi connectivity index (χ4v) is 5.59. The van der Waals surface area contributed by atoms with Crippen LogP contribution < -0.4 is 0 Å². The highest BCUT2D eigenvalue weighted by molar-refractivity contribution is 8.03. The molecule has 1 unspecified atom stereocenters. The second-order valence-corrected chi connectivity index (χ2v) is 8.26. The maximum absolute atomic E-state index is 11.8. The Morgan fingerprint density at radius 2 is 1.93 bits per heavy atom. The van der Waals surface area contributed by atoms with Crippen LogP contribution in [-0.4, -0.2) is 41.1 Å². The second kappa shape index (κ2) is 4.16. The molecule has 0 amide bonds. The Morgan fingerprint density at radius 3 is 2.36 bits per heavy atom. The van der Waals surface area contributed by atoms with Crippen LogP contribution in [0.4, 0.5) is 0 Å². The predicted molar refractivity (Wildman–Crippen MR) is 55.0 cm³/mol. The monoisotopic (exact) mass is 241 g/mol. The van der Waals surface area contributed by atoms with Gasteiger partial charge in [0, 0.05) is 11.5 Å². The summed E-state index contributed by atoms with van der Waals surface area (Å²) in [6.07, 6.45) is 1.54. The zero-order chi connectivity index (χ0) is 10.8. The van der Waals surface area contributed by atoms with E-state index in [1.54, 1.807) is 0 Å². The molecule has 1 fully saturated rings. The number of aliphatic hydroxyl groups is 1. The Balaban J connectivity index is 3.02. The first-order valence-corrected chi connectivity index (χ1v) is 7.84. The lowest BCUT2D eigenvalue weighted by Crippen LogP contribution is -2.21. The number of hydrogen-bond donors (Lipinski definition) is 1. The van der Waals surface area contributed by atoms with Gasteiger partial charge in [0.2, 0.25) is 0 Å². The summed E-state index contributed by atoms with van der Waals surface area (Å²) < 4.78 is 38.1. The highest BCUT2D eigenvalue weighted by Crippen LogP contribution is 2.17. The van der Waals surface area contributed by atoms with E-state index in [4.69, 9.17) is 5.11 Å². The summed E-state index contributed by atoms with van der Waals surface area (Å²) in [5.41, 5.74) is 0. The molecule has 1 rings (SSSR count). The van der Waals surface area contributed by atoms with Crippen LogP contribution in [0.1, 0.15) is 19.8 Å². The van der Waals surface area contributed by atoms with Crippen molar-refractivity contribution in [2.24, 2.45) is 3.77 Å². The van der Waals surface area contributed by atoms with Crippen LogP contribution in [0.15, 0.2) is 3.77 Å². The number of hydrogen-bond acceptors (Lipinski definition) is 4. The molecule has 0 spiro atoms. The molecule has 1 aliphatic heterocycles. The van der Waals surface area contributed by atoms with Gasteiger partial charge in [-0.3, -0.25) is 0 Å². The summed E-state index contributed by atoms with van der Waals surface area (Å²) in [5, 5.41) is 7.74. The molecule has 1 heterocycles. The first-order chi connectivity index (χ1) is 6.40. The molecule has 14 heavy (non-hydrogen) atoms. The Labute approximate surface area is 84.8 Å². The van der Waals surface area contributed by atoms with Gasteiger partial charge >= 0.3 is 0 Å². The molecule has 0 aromatic heterocycles. The van der Waals surface area contributed by atoms with E-state index >= 15 is 0 Å². The molecule has 1 saturated heterocycles. The molecule has 0 aromatic carbocycles. The summed E-state index contributed by atoms with van der Waals surface area (Å²) in [4.78, 5) is 0. The van der Waals surface area contributed by atoms with E-state index in [9.17, 15) is 12.6 Å². The van der Waals surface area contributed by atoms with Gasteiger partial charge in [-0.15, -0.1) is 3.77 Å². The molecular formula is C7H15NO4S2. The van der Waals surface area contributed by atoms with Gasteiger partial charge in [0.25, 0.3) is 10.0 Å². The number of nitrogens with zero attached hydrogens (tertiary/aromatic N) is 1. The molecule has 0 bridgehead atoms. The lowest BCUT2D eigenvalue weighted by molar-refractivity contribution is 0.295. The lowest BCUT2D eigenvalue weighted by Gasteiger charge is -2.06. The first kappa shape index (κ1) is 11.9. The van der Waals surface area contributed by atoms with E-state index in [2.05, 4.69) is 3.77 Å². The topological polar surface area (TPSA) is 83.8 Å². The average molecular weight is 241 g/mol. The van der Waals surface area contributed by atoms with Crippen molar-refractivity contribution in [3.05, 3.63) is 0 Å². The van der Waals surface area contributed by atoms with Gasteiger partial charge in [-0.2, -0.15) is 0 Å². The average Bonchev–Trinajstić information content (AvgIpc) is 2.49. The molecule has 0 aliphatic carbocycles. The third-order valence-corrected chi connectivity index (χ3v) is 7.12. The molecule has 1 N–H and O–H groups in total. The van der Waals surface area contributed by atoms with Crippen molar-refractivity contribution in [1.82, 2.24) is 0 Å². The molecule has 1 atom stereocenters. The van der Waals surface area contributed by atoms with Crippen LogP contribution >= 0.6 is 0 Å². The minimum absolute atomic E-state index is 0.365. The third-order valence-electron chi connectivity index (χ3n) is 2.18. The highest BCUT2D eigenvalue weighted by atomic mass is 32.3. The van der Waals surface area contributed by atoms with Crippen LogP contribution in [0.3, 0.4) is 0 Å². The van der Waals surface area contributed by atoms with Gasteiger partial charge in [0.15, 0.2) is 0 Å². The minimum Gasteiger partial charge on any atom is -0.395 e. The Bertz CT molecular complexity index is 393. The summed E-state index contributed by atoms with van der Waals surface area (Å²) in [7, 11) is -6.29. The molecule has 7 heteroatoms. The Morgan fingerprint density at radius 1 is 1.43 bits per heavy atom. The highest BCUT2D eigenvalue weighted by Gasteiger charge is 2.25. The number of rotatable bonds is 3. The zero-order valence-corrected chi connectivity index (χ0v) is 9.68. The molecular weight excluding hydrogens is 226 g/mol. The molecule has 5 nitrogen and oxygen atoms in total. The van der Waals surface area contributed by atoms with Crippen LogP contribution in [-0.2, 0) is 19.8 Å². The third kappa shape index (κ3) is 2.68. The summed E-state index contributed by atoms with van der Waals surface area (Å²) in [6, 6.07) is 0. The molecule has 0 saturated carbocycles. The predicted octanol–water partition coefficient (Wildman–Crippen LogP) is -0.0412. The number of sulfonamides is 1. The summed E-state index contributed by atoms with van der Waals surface area (Å²) in [6.45, 7) is 0.873. The number of aliphatic hydroxyl groups excluding tert-OH is 1. The molecule has 0 aromatic rings. The lowest BCUT2D eigenvalue weighted by atomic mass is 10.4. The van der Waals surface area contributed by atoms with Crippen molar-refractivity contribution in [3.8, 4) is 0 Å². The fourth-order valence-electron chi connectivity index (χ4n) is 1.19. The Kier molecular flexibility index (Phi) is 3.54. The maximum atomic E-state index is 11.8. The summed E-state index contributed by atoms with van der Waals surface area (Å²) >= 11 is 0. The van der Waals surface area contributed by atoms with Crippen LogP contribution in [0, 0.1) is 0 Å². The van der Waals surface area contributed by atoms with E-state index in [0.29, 0.717) is 11.5 Å². The van der Waals surface area contributed by atoms with E-state index < -0.39 is 31.6 Å². The van der Waals surface area contributed by atoms with Crippen LogP contribution in [0.25, 0.3) is 0 Å². The van der Waals surface area contributed by atoms with E-state index in [-0.39, 0.29) is 0 Å². The minimum atomic E-state index is -3.75. The smallest absolute Gasteiger partial charge is 0.265 e. The largest absolute Gasteiger partial charge is 0.395 e. The van der Waals surface area contributed by atoms with Crippen LogP contribution in [0.5, 0.6) is 0 Å². The van der Waals surface area contributed by atoms with Crippen molar-refractivity contribution in [1.29, 1.82) is 0 Å². The fraction of sp³-hybridized carbons (Fsp3) is 1.00. The van der Waals surface area contributed by atoms with Crippen molar-refractivity contribution in [2.75, 3.05) is 18.1 Å². The van der Waals surface area contributed by atoms with Gasteiger partial charge in [-0.05, 0) is 19.8 Å². The van der Waals surface area contributed by atoms with E-state index in [1.165, 1.54) is 6.92 Å². The van der Waals surface area contributed by atoms with Gasteiger partial charge in [-0.25, -0.2) is 12.6 Å². The summed E-state index contributed by atoms with van der Waals surface area (Å²) in [5.74, 6) is 0.731.